The van der Waals surface area contributed by atoms with E-state index in [4.69, 9.17) is 5.73 Å². The van der Waals surface area contributed by atoms with Gasteiger partial charge in [0.1, 0.15) is 11.9 Å². The lowest BCUT2D eigenvalue weighted by Gasteiger charge is -2.18. The molecule has 2 heterocycles. The molecule has 172 valence electrons. The van der Waals surface area contributed by atoms with Crippen LogP contribution in [-0.2, 0) is 22.6 Å². The minimum atomic E-state index is -0.626. The van der Waals surface area contributed by atoms with Crippen molar-refractivity contribution in [3.05, 3.63) is 71.4 Å². The zero-order valence-electron chi connectivity index (χ0n) is 19.1. The van der Waals surface area contributed by atoms with E-state index in [9.17, 15) is 9.59 Å². The van der Waals surface area contributed by atoms with Gasteiger partial charge in [-0.05, 0) is 67.1 Å². The number of amides is 2. The number of aromatic nitrogens is 1. The molecule has 1 saturated heterocycles. The van der Waals surface area contributed by atoms with E-state index in [-0.39, 0.29) is 17.9 Å². The number of hydrogen-bond acceptors (Lipinski definition) is 5. The van der Waals surface area contributed by atoms with Gasteiger partial charge in [0.2, 0.25) is 11.8 Å². The van der Waals surface area contributed by atoms with Gasteiger partial charge >= 0.3 is 0 Å². The molecule has 1 aromatic heterocycles. The Balaban J connectivity index is 1.27. The molecular formula is C26H31N5O2. The van der Waals surface area contributed by atoms with E-state index in [2.05, 4.69) is 63.4 Å². The number of carbonyl (C=O) groups excluding carboxylic acids is 2. The Hall–Kier alpha value is -3.45. The topological polar surface area (TPSA) is 109 Å². The largest absolute Gasteiger partial charge is 0.384 e. The average Bonchev–Trinajstić information content (AvgIpc) is 3.27. The number of nitrogens with two attached hydrogens (primary N) is 1. The number of fused-ring (bicyclic) bond motifs is 1. The molecule has 0 saturated carbocycles. The molecule has 0 aliphatic carbocycles. The molecule has 33 heavy (non-hydrogen) atoms. The third kappa shape index (κ3) is 5.49. The highest BCUT2D eigenvalue weighted by Gasteiger charge is 2.31. The Morgan fingerprint density at radius 3 is 2.73 bits per heavy atom. The van der Waals surface area contributed by atoms with Gasteiger partial charge in [0.15, 0.2) is 0 Å². The van der Waals surface area contributed by atoms with Gasteiger partial charge in [-0.3, -0.25) is 9.59 Å². The molecule has 7 heteroatoms. The lowest BCUT2D eigenvalue weighted by Crippen LogP contribution is -2.50. The third-order valence-corrected chi connectivity index (χ3v) is 6.35. The number of rotatable bonds is 7. The molecule has 1 aliphatic heterocycles. The summed E-state index contributed by atoms with van der Waals surface area (Å²) < 4.78 is 0. The molecule has 3 aromatic rings. The van der Waals surface area contributed by atoms with E-state index in [1.54, 1.807) is 13.0 Å². The Bertz CT molecular complexity index is 1160. The molecule has 0 radical (unpaired) electrons. The van der Waals surface area contributed by atoms with Crippen molar-refractivity contribution in [3.63, 3.8) is 0 Å². The van der Waals surface area contributed by atoms with Gasteiger partial charge in [-0.1, -0.05) is 48.5 Å². The van der Waals surface area contributed by atoms with Crippen molar-refractivity contribution in [2.45, 2.75) is 45.3 Å². The summed E-state index contributed by atoms with van der Waals surface area (Å²) >= 11 is 0. The van der Waals surface area contributed by atoms with Gasteiger partial charge in [0, 0.05) is 12.2 Å². The zero-order valence-corrected chi connectivity index (χ0v) is 19.1. The first kappa shape index (κ1) is 22.7. The quantitative estimate of drug-likeness (QED) is 0.447. The molecule has 1 fully saturated rings. The van der Waals surface area contributed by atoms with Crippen LogP contribution in [0.3, 0.4) is 0 Å². The highest BCUT2D eigenvalue weighted by atomic mass is 16.2. The van der Waals surface area contributed by atoms with Crippen molar-refractivity contribution in [2.24, 2.45) is 5.92 Å². The molecule has 4 rings (SSSR count). The molecule has 2 amide bonds. The van der Waals surface area contributed by atoms with Gasteiger partial charge in [-0.2, -0.15) is 0 Å². The van der Waals surface area contributed by atoms with Crippen LogP contribution in [0.1, 0.15) is 30.2 Å². The predicted molar refractivity (Wildman–Crippen MR) is 130 cm³/mol. The van der Waals surface area contributed by atoms with E-state index >= 15 is 0 Å². The Labute approximate surface area is 194 Å². The highest BCUT2D eigenvalue weighted by Crippen LogP contribution is 2.25. The maximum atomic E-state index is 12.8. The minimum Gasteiger partial charge on any atom is -0.384 e. The summed E-state index contributed by atoms with van der Waals surface area (Å²) in [5.74, 6) is 0.455. The smallest absolute Gasteiger partial charge is 0.242 e. The van der Waals surface area contributed by atoms with Crippen LogP contribution < -0.4 is 21.7 Å². The number of benzene rings is 2. The number of nitrogens with one attached hydrogen (secondary N) is 3. The summed E-state index contributed by atoms with van der Waals surface area (Å²) in [6.45, 7) is 4.67. The average molecular weight is 446 g/mol. The molecular weight excluding hydrogens is 414 g/mol. The SMILES string of the molecule is Cc1nc(N)ccc1CNC(=O)[C@H](C)NC(=O)[C@H]1C[C@H](Cc2cccc3ccccc23)CN1. The van der Waals surface area contributed by atoms with E-state index in [0.717, 1.165) is 30.6 Å². The maximum Gasteiger partial charge on any atom is 0.242 e. The fraction of sp³-hybridized carbons (Fsp3) is 0.346. The summed E-state index contributed by atoms with van der Waals surface area (Å²) in [6, 6.07) is 17.4. The molecule has 0 bridgehead atoms. The van der Waals surface area contributed by atoms with Gasteiger partial charge in [0.05, 0.1) is 6.04 Å². The number of hydrogen-bond donors (Lipinski definition) is 4. The number of pyridine rings is 1. The summed E-state index contributed by atoms with van der Waals surface area (Å²) in [6.07, 6.45) is 1.67. The molecule has 5 N–H and O–H groups in total. The Morgan fingerprint density at radius 1 is 1.12 bits per heavy atom. The summed E-state index contributed by atoms with van der Waals surface area (Å²) in [5, 5.41) is 11.5. The number of nitrogen functional groups attached to an aromatic ring is 1. The minimum absolute atomic E-state index is 0.136. The fourth-order valence-corrected chi connectivity index (χ4v) is 4.46. The third-order valence-electron chi connectivity index (χ3n) is 6.35. The molecule has 3 atom stereocenters. The molecule has 1 aliphatic rings. The molecule has 2 aromatic carbocycles. The van der Waals surface area contributed by atoms with Crippen molar-refractivity contribution in [2.75, 3.05) is 12.3 Å². The first-order valence-electron chi connectivity index (χ1n) is 11.4. The molecule has 0 spiro atoms. The lowest BCUT2D eigenvalue weighted by atomic mass is 9.93. The summed E-state index contributed by atoms with van der Waals surface area (Å²) in [5.41, 5.74) is 8.65. The number of aryl methyl sites for hydroxylation is 1. The van der Waals surface area contributed by atoms with E-state index < -0.39 is 6.04 Å². The number of carbonyl (C=O) groups is 2. The predicted octanol–water partition coefficient (Wildman–Crippen LogP) is 2.47. The highest BCUT2D eigenvalue weighted by molar-refractivity contribution is 5.89. The van der Waals surface area contributed by atoms with Gasteiger partial charge in [-0.15, -0.1) is 0 Å². The zero-order chi connectivity index (χ0) is 23.4. The molecule has 7 nitrogen and oxygen atoms in total. The van der Waals surface area contributed by atoms with Crippen LogP contribution in [0.4, 0.5) is 5.82 Å². The van der Waals surface area contributed by atoms with Crippen molar-refractivity contribution < 1.29 is 9.59 Å². The Morgan fingerprint density at radius 2 is 1.91 bits per heavy atom. The van der Waals surface area contributed by atoms with Crippen LogP contribution in [0, 0.1) is 12.8 Å². The van der Waals surface area contributed by atoms with Crippen LogP contribution in [0.5, 0.6) is 0 Å². The van der Waals surface area contributed by atoms with Crippen LogP contribution in [0.25, 0.3) is 10.8 Å². The second-order valence-electron chi connectivity index (χ2n) is 8.83. The van der Waals surface area contributed by atoms with Gasteiger partial charge in [0.25, 0.3) is 0 Å². The normalized spacial score (nSPS) is 18.7. The van der Waals surface area contributed by atoms with Crippen molar-refractivity contribution in [1.29, 1.82) is 0 Å². The van der Waals surface area contributed by atoms with E-state index in [0.29, 0.717) is 18.3 Å². The maximum absolute atomic E-state index is 12.8. The molecule has 0 unspecified atom stereocenters. The summed E-state index contributed by atoms with van der Waals surface area (Å²) in [7, 11) is 0. The van der Waals surface area contributed by atoms with Crippen molar-refractivity contribution in [3.8, 4) is 0 Å². The lowest BCUT2D eigenvalue weighted by molar-refractivity contribution is -0.129. The Kier molecular flexibility index (Phi) is 6.89. The van der Waals surface area contributed by atoms with Gasteiger partial charge < -0.3 is 21.7 Å². The number of nitrogens with zero attached hydrogens (tertiary/aromatic N) is 1. The summed E-state index contributed by atoms with van der Waals surface area (Å²) in [4.78, 5) is 29.4. The standard InChI is InChI=1S/C26H31N5O2/c1-16-21(10-11-24(27)30-16)15-29-25(32)17(2)31-26(33)23-13-18(14-28-23)12-20-8-5-7-19-6-3-4-9-22(19)20/h3-11,17-18,23,28H,12-15H2,1-2H3,(H2,27,30)(H,29,32)(H,31,33)/t17-,18-,23+/m0/s1. The van der Waals surface area contributed by atoms with Crippen LogP contribution in [-0.4, -0.2) is 35.4 Å². The first-order valence-corrected chi connectivity index (χ1v) is 11.4. The number of anilines is 1. The van der Waals surface area contributed by atoms with E-state index in [1.165, 1.54) is 16.3 Å². The monoisotopic (exact) mass is 445 g/mol. The van der Waals surface area contributed by atoms with Crippen LogP contribution >= 0.6 is 0 Å². The van der Waals surface area contributed by atoms with E-state index in [1.807, 2.05) is 13.0 Å². The van der Waals surface area contributed by atoms with Gasteiger partial charge in [-0.25, -0.2) is 4.98 Å². The second-order valence-corrected chi connectivity index (χ2v) is 8.83. The van der Waals surface area contributed by atoms with Crippen LogP contribution in [0.2, 0.25) is 0 Å². The fourth-order valence-electron chi connectivity index (χ4n) is 4.46. The van der Waals surface area contributed by atoms with Crippen LogP contribution in [0.15, 0.2) is 54.6 Å². The van der Waals surface area contributed by atoms with Crippen molar-refractivity contribution in [1.82, 2.24) is 20.9 Å². The first-order chi connectivity index (χ1) is 15.9. The van der Waals surface area contributed by atoms with Crippen molar-refractivity contribution >= 4 is 28.4 Å². The second kappa shape index (κ2) is 10.0.